The maximum absolute atomic E-state index is 11.6. The van der Waals surface area contributed by atoms with Crippen LogP contribution in [0, 0.1) is 0 Å². The average molecular weight is 219 g/mol. The number of hydrogen-bond donors (Lipinski definition) is 1. The number of fused-ring (bicyclic) bond motifs is 1. The van der Waals surface area contributed by atoms with Crippen LogP contribution >= 0.6 is 0 Å². The molecule has 1 N–H and O–H groups in total. The highest BCUT2D eigenvalue weighted by Crippen LogP contribution is 2.27. The SMILES string of the molecule is CN1C(=O)CCCc2ccc(C(=O)O)cc21. The molecule has 0 bridgehead atoms. The van der Waals surface area contributed by atoms with Gasteiger partial charge in [-0.05, 0) is 30.5 Å². The number of nitrogens with zero attached hydrogens (tertiary/aromatic N) is 1. The number of carboxylic acids is 1. The van der Waals surface area contributed by atoms with E-state index in [4.69, 9.17) is 5.11 Å². The van der Waals surface area contributed by atoms with E-state index < -0.39 is 5.97 Å². The Balaban J connectivity index is 2.50. The molecule has 1 aliphatic heterocycles. The summed E-state index contributed by atoms with van der Waals surface area (Å²) in [4.78, 5) is 24.0. The second-order valence-corrected chi connectivity index (χ2v) is 3.95. The molecule has 1 aromatic carbocycles. The van der Waals surface area contributed by atoms with E-state index in [-0.39, 0.29) is 11.5 Å². The van der Waals surface area contributed by atoms with E-state index in [1.54, 1.807) is 30.1 Å². The van der Waals surface area contributed by atoms with Crippen molar-refractivity contribution in [1.82, 2.24) is 0 Å². The van der Waals surface area contributed by atoms with Crippen LogP contribution in [0.2, 0.25) is 0 Å². The number of hydrogen-bond acceptors (Lipinski definition) is 2. The van der Waals surface area contributed by atoms with Gasteiger partial charge in [0.05, 0.1) is 5.56 Å². The Hall–Kier alpha value is -1.84. The minimum Gasteiger partial charge on any atom is -0.478 e. The Morgan fingerprint density at radius 2 is 2.12 bits per heavy atom. The zero-order valence-corrected chi connectivity index (χ0v) is 9.06. The highest BCUT2D eigenvalue weighted by Gasteiger charge is 2.19. The van der Waals surface area contributed by atoms with E-state index in [0.717, 1.165) is 24.1 Å². The quantitative estimate of drug-likeness (QED) is 0.781. The largest absolute Gasteiger partial charge is 0.478 e. The molecule has 0 saturated carbocycles. The van der Waals surface area contributed by atoms with Crippen molar-refractivity contribution in [3.05, 3.63) is 29.3 Å². The van der Waals surface area contributed by atoms with Gasteiger partial charge in [0, 0.05) is 19.2 Å². The molecule has 0 radical (unpaired) electrons. The number of aromatic carboxylic acids is 1. The summed E-state index contributed by atoms with van der Waals surface area (Å²) in [5.74, 6) is -0.922. The first-order valence-corrected chi connectivity index (χ1v) is 5.22. The van der Waals surface area contributed by atoms with Crippen LogP contribution < -0.4 is 4.90 Å². The van der Waals surface area contributed by atoms with Crippen molar-refractivity contribution < 1.29 is 14.7 Å². The van der Waals surface area contributed by atoms with E-state index in [2.05, 4.69) is 0 Å². The molecule has 1 amide bonds. The van der Waals surface area contributed by atoms with Gasteiger partial charge < -0.3 is 10.0 Å². The molecule has 0 fully saturated rings. The van der Waals surface area contributed by atoms with Crippen LogP contribution in [0.15, 0.2) is 18.2 Å². The van der Waals surface area contributed by atoms with Gasteiger partial charge in [-0.25, -0.2) is 4.79 Å². The third kappa shape index (κ3) is 1.78. The zero-order chi connectivity index (χ0) is 11.7. The predicted molar refractivity (Wildman–Crippen MR) is 59.7 cm³/mol. The van der Waals surface area contributed by atoms with E-state index >= 15 is 0 Å². The number of carbonyl (C=O) groups excluding carboxylic acids is 1. The first-order valence-electron chi connectivity index (χ1n) is 5.22. The molecule has 2 rings (SSSR count). The van der Waals surface area contributed by atoms with Crippen LogP contribution in [0.4, 0.5) is 5.69 Å². The van der Waals surface area contributed by atoms with Gasteiger partial charge in [-0.1, -0.05) is 6.07 Å². The van der Waals surface area contributed by atoms with Gasteiger partial charge in [0.15, 0.2) is 0 Å². The summed E-state index contributed by atoms with van der Waals surface area (Å²) in [7, 11) is 1.69. The third-order valence-corrected chi connectivity index (χ3v) is 2.90. The number of rotatable bonds is 1. The van der Waals surface area contributed by atoms with Gasteiger partial charge in [0.1, 0.15) is 0 Å². The lowest BCUT2D eigenvalue weighted by molar-refractivity contribution is -0.118. The Morgan fingerprint density at radius 1 is 1.38 bits per heavy atom. The van der Waals surface area contributed by atoms with Gasteiger partial charge in [0.25, 0.3) is 0 Å². The first kappa shape index (κ1) is 10.7. The lowest BCUT2D eigenvalue weighted by Gasteiger charge is -2.17. The second-order valence-electron chi connectivity index (χ2n) is 3.95. The summed E-state index contributed by atoms with van der Waals surface area (Å²) in [6.07, 6.45) is 2.17. The van der Waals surface area contributed by atoms with Crippen molar-refractivity contribution in [1.29, 1.82) is 0 Å². The summed E-state index contributed by atoms with van der Waals surface area (Å²) >= 11 is 0. The number of amides is 1. The van der Waals surface area contributed by atoms with E-state index in [9.17, 15) is 9.59 Å². The fourth-order valence-corrected chi connectivity index (χ4v) is 1.95. The number of benzene rings is 1. The molecule has 0 saturated heterocycles. The topological polar surface area (TPSA) is 57.6 Å². The van der Waals surface area contributed by atoms with Crippen molar-refractivity contribution in [3.63, 3.8) is 0 Å². The standard InChI is InChI=1S/C12H13NO3/c1-13-10-7-9(12(15)16)6-5-8(10)3-2-4-11(13)14/h5-7H,2-4H2,1H3,(H,15,16). The van der Waals surface area contributed by atoms with Crippen LogP contribution in [0.3, 0.4) is 0 Å². The molecule has 0 aliphatic carbocycles. The molecular formula is C12H13NO3. The fourth-order valence-electron chi connectivity index (χ4n) is 1.95. The van der Waals surface area contributed by atoms with E-state index in [0.29, 0.717) is 6.42 Å². The highest BCUT2D eigenvalue weighted by molar-refractivity contribution is 5.96. The molecule has 4 nitrogen and oxygen atoms in total. The molecule has 0 unspecified atom stereocenters. The number of carboxylic acid groups (broad SMARTS) is 1. The molecular weight excluding hydrogens is 206 g/mol. The van der Waals surface area contributed by atoms with Gasteiger partial charge in [0.2, 0.25) is 5.91 Å². The predicted octanol–water partition coefficient (Wildman–Crippen LogP) is 1.68. The molecule has 0 atom stereocenters. The van der Waals surface area contributed by atoms with Crippen LogP contribution in [0.25, 0.3) is 0 Å². The second kappa shape index (κ2) is 3.96. The lowest BCUT2D eigenvalue weighted by atomic mass is 10.0. The van der Waals surface area contributed by atoms with Crippen molar-refractivity contribution in [3.8, 4) is 0 Å². The number of anilines is 1. The molecule has 84 valence electrons. The Labute approximate surface area is 93.5 Å². The average Bonchev–Trinajstić information content (AvgIpc) is 2.40. The van der Waals surface area contributed by atoms with Gasteiger partial charge in [-0.3, -0.25) is 4.79 Å². The van der Waals surface area contributed by atoms with Crippen LogP contribution in [-0.2, 0) is 11.2 Å². The van der Waals surface area contributed by atoms with Crippen LogP contribution in [0.1, 0.15) is 28.8 Å². The smallest absolute Gasteiger partial charge is 0.335 e. The molecule has 1 aromatic rings. The first-order chi connectivity index (χ1) is 7.59. The van der Waals surface area contributed by atoms with Crippen molar-refractivity contribution in [2.75, 3.05) is 11.9 Å². The van der Waals surface area contributed by atoms with Gasteiger partial charge in [-0.2, -0.15) is 0 Å². The van der Waals surface area contributed by atoms with Crippen molar-refractivity contribution >= 4 is 17.6 Å². The number of carbonyl (C=O) groups is 2. The monoisotopic (exact) mass is 219 g/mol. The minimum atomic E-state index is -0.965. The van der Waals surface area contributed by atoms with Crippen LogP contribution in [-0.4, -0.2) is 24.0 Å². The van der Waals surface area contributed by atoms with Crippen molar-refractivity contribution in [2.24, 2.45) is 0 Å². The number of aryl methyl sites for hydroxylation is 1. The zero-order valence-electron chi connectivity index (χ0n) is 9.06. The Kier molecular flexibility index (Phi) is 2.64. The van der Waals surface area contributed by atoms with Crippen LogP contribution in [0.5, 0.6) is 0 Å². The van der Waals surface area contributed by atoms with Crippen molar-refractivity contribution in [2.45, 2.75) is 19.3 Å². The summed E-state index contributed by atoms with van der Waals surface area (Å²) in [5, 5.41) is 8.91. The molecule has 16 heavy (non-hydrogen) atoms. The summed E-state index contributed by atoms with van der Waals surface area (Å²) in [5.41, 5.74) is 1.99. The molecule has 4 heteroatoms. The third-order valence-electron chi connectivity index (χ3n) is 2.90. The Bertz CT molecular complexity index is 454. The maximum Gasteiger partial charge on any atom is 0.335 e. The lowest BCUT2D eigenvalue weighted by Crippen LogP contribution is -2.25. The summed E-state index contributed by atoms with van der Waals surface area (Å²) < 4.78 is 0. The molecule has 0 aromatic heterocycles. The molecule has 1 heterocycles. The van der Waals surface area contributed by atoms with E-state index in [1.807, 2.05) is 0 Å². The van der Waals surface area contributed by atoms with E-state index in [1.165, 1.54) is 0 Å². The Morgan fingerprint density at radius 3 is 2.81 bits per heavy atom. The normalized spacial score (nSPS) is 15.6. The molecule has 1 aliphatic rings. The maximum atomic E-state index is 11.6. The van der Waals surface area contributed by atoms with Gasteiger partial charge in [-0.15, -0.1) is 0 Å². The minimum absolute atomic E-state index is 0.0429. The van der Waals surface area contributed by atoms with Gasteiger partial charge >= 0.3 is 5.97 Å². The molecule has 0 spiro atoms. The summed E-state index contributed by atoms with van der Waals surface area (Å²) in [6.45, 7) is 0. The summed E-state index contributed by atoms with van der Waals surface area (Å²) in [6, 6.07) is 4.96. The highest BCUT2D eigenvalue weighted by atomic mass is 16.4. The fraction of sp³-hybridized carbons (Fsp3) is 0.333.